The number of hydrogen-bond donors (Lipinski definition) is 1. The summed E-state index contributed by atoms with van der Waals surface area (Å²) in [5, 5.41) is 0. The van der Waals surface area contributed by atoms with Gasteiger partial charge in [-0.1, -0.05) is 0 Å². The summed E-state index contributed by atoms with van der Waals surface area (Å²) in [5.74, 6) is -0.307. The van der Waals surface area contributed by atoms with Gasteiger partial charge < -0.3 is 15.2 Å². The van der Waals surface area contributed by atoms with E-state index in [1.54, 1.807) is 20.8 Å². The molecule has 30 heavy (non-hydrogen) atoms. The van der Waals surface area contributed by atoms with Crippen molar-refractivity contribution in [2.75, 3.05) is 18.9 Å². The van der Waals surface area contributed by atoms with Gasteiger partial charge in [-0.05, 0) is 33.3 Å². The van der Waals surface area contributed by atoms with E-state index in [0.29, 0.717) is 0 Å². The van der Waals surface area contributed by atoms with E-state index in [0.717, 1.165) is 0 Å². The molecule has 1 aromatic rings. The largest absolute Gasteiger partial charge is 0.475 e. The van der Waals surface area contributed by atoms with Gasteiger partial charge in [0.15, 0.2) is 6.23 Å². The fourth-order valence-corrected chi connectivity index (χ4v) is 5.15. The Balaban J connectivity index is 1.62. The molecule has 13 heteroatoms. The average molecular weight is 466 g/mol. The molecule has 0 bridgehead atoms. The van der Waals surface area contributed by atoms with Crippen LogP contribution in [0.3, 0.4) is 0 Å². The molecule has 0 spiro atoms. The van der Waals surface area contributed by atoms with Crippen LogP contribution in [0, 0.1) is 0 Å². The molecule has 2 aliphatic rings. The second-order valence-electron chi connectivity index (χ2n) is 7.46. The number of alkyl halides is 1. The van der Waals surface area contributed by atoms with Crippen molar-refractivity contribution in [2.45, 2.75) is 63.0 Å². The average Bonchev–Trinajstić information content (AvgIpc) is 2.89. The van der Waals surface area contributed by atoms with Crippen molar-refractivity contribution in [2.24, 2.45) is 0 Å². The number of carbonyl (C=O) groups is 1. The zero-order valence-corrected chi connectivity index (χ0v) is 18.5. The van der Waals surface area contributed by atoms with Crippen LogP contribution in [0.4, 0.5) is 5.82 Å². The molecule has 0 aromatic carbocycles. The zero-order valence-electron chi connectivity index (χ0n) is 16.9. The lowest BCUT2D eigenvalue weighted by Crippen LogP contribution is -2.45. The van der Waals surface area contributed by atoms with Crippen LogP contribution in [0.5, 0.6) is 0 Å². The lowest BCUT2D eigenvalue weighted by molar-refractivity contribution is -0.147. The standard InChI is InChI=1S/C17H25ClN3O8P/c1-10(2)27-13(22)5-4-8-25-30(24)26-9-11-14(29-30)17(3,18)15(28-11)21-7-6-12(19)20-16(21)23/h6-7,10-11,14-15H,4-5,8-9H2,1-3H3,(H2,19,20,23)/t11-,14-,15-,17-,30?/m1/s1. The van der Waals surface area contributed by atoms with Gasteiger partial charge in [-0.15, -0.1) is 11.6 Å². The topological polar surface area (TPSA) is 141 Å². The first kappa shape index (κ1) is 23.2. The monoisotopic (exact) mass is 465 g/mol. The maximum Gasteiger partial charge on any atom is 0.475 e. The van der Waals surface area contributed by atoms with Gasteiger partial charge >= 0.3 is 19.5 Å². The minimum absolute atomic E-state index is 0.0352. The van der Waals surface area contributed by atoms with E-state index in [1.807, 2.05) is 0 Å². The molecule has 3 heterocycles. The van der Waals surface area contributed by atoms with E-state index >= 15 is 0 Å². The maximum absolute atomic E-state index is 12.8. The molecule has 2 aliphatic heterocycles. The van der Waals surface area contributed by atoms with Crippen LogP contribution < -0.4 is 11.4 Å². The van der Waals surface area contributed by atoms with E-state index < -0.39 is 36.8 Å². The Bertz CT molecular complexity index is 892. The van der Waals surface area contributed by atoms with Crippen LogP contribution in [0.15, 0.2) is 17.1 Å². The summed E-state index contributed by atoms with van der Waals surface area (Å²) < 4.78 is 41.0. The normalized spacial score (nSPS) is 33.4. The quantitative estimate of drug-likeness (QED) is 0.275. The van der Waals surface area contributed by atoms with E-state index in [4.69, 9.17) is 40.4 Å². The molecule has 2 fully saturated rings. The summed E-state index contributed by atoms with van der Waals surface area (Å²) in [6, 6.07) is 1.44. The first-order valence-corrected chi connectivity index (χ1v) is 11.3. The van der Waals surface area contributed by atoms with Crippen molar-refractivity contribution in [1.29, 1.82) is 0 Å². The highest BCUT2D eigenvalue weighted by Gasteiger charge is 2.60. The molecule has 1 aromatic heterocycles. The predicted octanol–water partition coefficient (Wildman–Crippen LogP) is 1.99. The highest BCUT2D eigenvalue weighted by Crippen LogP contribution is 2.60. The summed E-state index contributed by atoms with van der Waals surface area (Å²) >= 11 is 6.67. The second-order valence-corrected chi connectivity index (χ2v) is 9.90. The fourth-order valence-electron chi connectivity index (χ4n) is 3.23. The van der Waals surface area contributed by atoms with Crippen LogP contribution in [-0.4, -0.2) is 51.9 Å². The first-order valence-electron chi connectivity index (χ1n) is 9.48. The Morgan fingerprint density at radius 1 is 1.53 bits per heavy atom. The number of nitrogen functional groups attached to an aromatic ring is 1. The molecule has 3 rings (SSSR count). The molecule has 0 saturated carbocycles. The first-order chi connectivity index (χ1) is 14.0. The number of aromatic nitrogens is 2. The summed E-state index contributed by atoms with van der Waals surface area (Å²) in [6.45, 7) is 4.96. The molecule has 168 valence electrons. The van der Waals surface area contributed by atoms with Crippen LogP contribution in [0.25, 0.3) is 0 Å². The highest BCUT2D eigenvalue weighted by molar-refractivity contribution is 7.48. The summed E-state index contributed by atoms with van der Waals surface area (Å²) in [4.78, 5) is 26.1. The van der Waals surface area contributed by atoms with Crippen molar-refractivity contribution < 1.29 is 32.4 Å². The number of hydrogen-bond acceptors (Lipinski definition) is 10. The van der Waals surface area contributed by atoms with Gasteiger partial charge in [0.05, 0.1) is 19.3 Å². The third-order valence-electron chi connectivity index (χ3n) is 4.57. The number of esters is 1. The molecular weight excluding hydrogens is 441 g/mol. The Hall–Kier alpha value is -1.49. The van der Waals surface area contributed by atoms with E-state index in [9.17, 15) is 14.2 Å². The Labute approximate surface area is 178 Å². The third kappa shape index (κ3) is 5.04. The number of phosphoric acid groups is 1. The molecule has 11 nitrogen and oxygen atoms in total. The molecule has 0 radical (unpaired) electrons. The van der Waals surface area contributed by atoms with Crippen LogP contribution >= 0.6 is 19.4 Å². The number of nitrogens with zero attached hydrogens (tertiary/aromatic N) is 2. The van der Waals surface area contributed by atoms with E-state index in [2.05, 4.69) is 4.98 Å². The van der Waals surface area contributed by atoms with Crippen molar-refractivity contribution in [1.82, 2.24) is 9.55 Å². The number of anilines is 1. The van der Waals surface area contributed by atoms with Gasteiger partial charge in [-0.3, -0.25) is 22.9 Å². The smallest absolute Gasteiger partial charge is 0.463 e. The highest BCUT2D eigenvalue weighted by atomic mass is 35.5. The Morgan fingerprint density at radius 2 is 2.27 bits per heavy atom. The van der Waals surface area contributed by atoms with Crippen molar-refractivity contribution in [3.63, 3.8) is 0 Å². The Morgan fingerprint density at radius 3 is 2.93 bits per heavy atom. The summed E-state index contributed by atoms with van der Waals surface area (Å²) in [6.07, 6.45) is -0.904. The van der Waals surface area contributed by atoms with E-state index in [-0.39, 0.29) is 43.9 Å². The molecule has 1 unspecified atom stereocenters. The number of fused-ring (bicyclic) bond motifs is 1. The summed E-state index contributed by atoms with van der Waals surface area (Å²) in [5.41, 5.74) is 4.88. The van der Waals surface area contributed by atoms with Crippen LogP contribution in [0.2, 0.25) is 0 Å². The number of phosphoric ester groups is 1. The number of carbonyl (C=O) groups excluding carboxylic acids is 1. The van der Waals surface area contributed by atoms with Gasteiger partial charge in [-0.25, -0.2) is 9.36 Å². The molecule has 0 aliphatic carbocycles. The SMILES string of the molecule is CC(C)OC(=O)CCCOP1(=O)OC[C@H]2O[C@@H](n3ccc(N)nc3=O)[C@](C)(Cl)[C@@H]2O1. The number of nitrogens with two attached hydrogens (primary N) is 1. The van der Waals surface area contributed by atoms with Gasteiger partial charge in [0.1, 0.15) is 22.9 Å². The number of rotatable bonds is 7. The molecular formula is C17H25ClN3O8P. The lowest BCUT2D eigenvalue weighted by atomic mass is 10.0. The lowest BCUT2D eigenvalue weighted by Gasteiger charge is -2.34. The van der Waals surface area contributed by atoms with Gasteiger partial charge in [-0.2, -0.15) is 4.98 Å². The molecule has 0 amide bonds. The van der Waals surface area contributed by atoms with Gasteiger partial charge in [0, 0.05) is 12.6 Å². The number of ether oxygens (including phenoxy) is 2. The second kappa shape index (κ2) is 8.94. The van der Waals surface area contributed by atoms with Gasteiger partial charge in [0.25, 0.3) is 0 Å². The minimum atomic E-state index is -3.93. The van der Waals surface area contributed by atoms with Crippen molar-refractivity contribution in [3.8, 4) is 0 Å². The van der Waals surface area contributed by atoms with Crippen molar-refractivity contribution >= 4 is 31.2 Å². The Kier molecular flexibility index (Phi) is 6.91. The van der Waals surface area contributed by atoms with Crippen molar-refractivity contribution in [3.05, 3.63) is 22.7 Å². The molecule has 5 atom stereocenters. The van der Waals surface area contributed by atoms with E-state index in [1.165, 1.54) is 16.8 Å². The summed E-state index contributed by atoms with van der Waals surface area (Å²) in [7, 11) is -3.93. The van der Waals surface area contributed by atoms with Crippen LogP contribution in [-0.2, 0) is 32.4 Å². The number of halogens is 1. The fraction of sp³-hybridized carbons (Fsp3) is 0.706. The minimum Gasteiger partial charge on any atom is -0.463 e. The van der Waals surface area contributed by atoms with Crippen LogP contribution in [0.1, 0.15) is 39.8 Å². The molecule has 2 N–H and O–H groups in total. The van der Waals surface area contributed by atoms with Gasteiger partial charge in [0.2, 0.25) is 0 Å². The predicted molar refractivity (Wildman–Crippen MR) is 106 cm³/mol. The zero-order chi connectivity index (χ0) is 22.1. The third-order valence-corrected chi connectivity index (χ3v) is 6.42. The molecule has 2 saturated heterocycles. The maximum atomic E-state index is 12.8.